The van der Waals surface area contributed by atoms with Crippen molar-refractivity contribution in [3.05, 3.63) is 71.2 Å². The molecule has 0 radical (unpaired) electrons. The molecule has 0 unspecified atom stereocenters. The van der Waals surface area contributed by atoms with Crippen LogP contribution in [0.5, 0.6) is 11.6 Å². The summed E-state index contributed by atoms with van der Waals surface area (Å²) in [5.41, 5.74) is 3.06. The Balaban J connectivity index is 1.78. The van der Waals surface area contributed by atoms with E-state index >= 15 is 0 Å². The van der Waals surface area contributed by atoms with E-state index in [0.29, 0.717) is 23.4 Å². The number of aliphatic hydroxyl groups excluding tert-OH is 4. The molecule has 1 aliphatic rings. The van der Waals surface area contributed by atoms with Crippen molar-refractivity contribution in [2.45, 2.75) is 56.9 Å². The Labute approximate surface area is 208 Å². The third-order valence-electron chi connectivity index (χ3n) is 6.22. The Morgan fingerprint density at radius 2 is 1.67 bits per heavy atom. The minimum Gasteiger partial charge on any atom is -0.497 e. The molecule has 4 N–H and O–H groups in total. The summed E-state index contributed by atoms with van der Waals surface area (Å²) in [5, 5.41) is 45.0. The normalized spacial score (nSPS) is 24.2. The van der Waals surface area contributed by atoms with E-state index in [-0.39, 0.29) is 17.6 Å². The average Bonchev–Trinajstić information content (AvgIpc) is 3.23. The molecule has 2 heterocycles. The van der Waals surface area contributed by atoms with Gasteiger partial charge >= 0.3 is 0 Å². The Bertz CT molecular complexity index is 1150. The van der Waals surface area contributed by atoms with Crippen LogP contribution in [0.4, 0.5) is 4.39 Å². The molecule has 1 saturated heterocycles. The molecule has 1 aromatic heterocycles. The number of halogens is 1. The van der Waals surface area contributed by atoms with Crippen LogP contribution in [0.2, 0.25) is 0 Å². The second-order valence-electron chi connectivity index (χ2n) is 9.05. The van der Waals surface area contributed by atoms with Gasteiger partial charge in [-0.05, 0) is 47.9 Å². The van der Waals surface area contributed by atoms with Gasteiger partial charge in [-0.25, -0.2) is 9.07 Å². The summed E-state index contributed by atoms with van der Waals surface area (Å²) < 4.78 is 32.1. The first-order chi connectivity index (χ1) is 17.2. The minimum atomic E-state index is -1.59. The van der Waals surface area contributed by atoms with Gasteiger partial charge in [-0.3, -0.25) is 0 Å². The topological polar surface area (TPSA) is 126 Å². The molecule has 0 saturated carbocycles. The average molecular weight is 503 g/mol. The second kappa shape index (κ2) is 10.9. The van der Waals surface area contributed by atoms with E-state index in [4.69, 9.17) is 14.2 Å². The molecule has 0 bridgehead atoms. The van der Waals surface area contributed by atoms with Gasteiger partial charge in [-0.1, -0.05) is 26.0 Å². The molecule has 2 aromatic carbocycles. The molecule has 4 rings (SSSR count). The van der Waals surface area contributed by atoms with Gasteiger partial charge in [0.1, 0.15) is 36.0 Å². The molecule has 10 heteroatoms. The van der Waals surface area contributed by atoms with Crippen molar-refractivity contribution in [1.29, 1.82) is 0 Å². The third kappa shape index (κ3) is 5.23. The Morgan fingerprint density at radius 1 is 1.00 bits per heavy atom. The zero-order chi connectivity index (χ0) is 26.0. The van der Waals surface area contributed by atoms with E-state index in [9.17, 15) is 24.8 Å². The van der Waals surface area contributed by atoms with Gasteiger partial charge in [0.2, 0.25) is 12.2 Å². The number of nitrogens with zero attached hydrogens (tertiary/aromatic N) is 2. The maximum absolute atomic E-state index is 13.6. The lowest BCUT2D eigenvalue weighted by Crippen LogP contribution is -2.60. The smallest absolute Gasteiger partial charge is 0.239 e. The van der Waals surface area contributed by atoms with Crippen LogP contribution in [0.15, 0.2) is 48.5 Å². The highest BCUT2D eigenvalue weighted by atomic mass is 19.1. The van der Waals surface area contributed by atoms with Crippen LogP contribution in [0, 0.1) is 5.82 Å². The predicted molar refractivity (Wildman–Crippen MR) is 128 cm³/mol. The number of rotatable bonds is 8. The predicted octanol–water partition coefficient (Wildman–Crippen LogP) is 1.91. The van der Waals surface area contributed by atoms with E-state index < -0.39 is 37.3 Å². The molecular weight excluding hydrogens is 471 g/mol. The van der Waals surface area contributed by atoms with Gasteiger partial charge < -0.3 is 34.6 Å². The Hall–Kier alpha value is -3.02. The number of aliphatic hydroxyl groups is 4. The lowest BCUT2D eigenvalue weighted by molar-refractivity contribution is -0.278. The van der Waals surface area contributed by atoms with E-state index in [1.807, 2.05) is 38.1 Å². The van der Waals surface area contributed by atoms with Crippen molar-refractivity contribution >= 4 is 0 Å². The first-order valence-electron chi connectivity index (χ1n) is 11.7. The molecule has 3 aromatic rings. The summed E-state index contributed by atoms with van der Waals surface area (Å²) in [7, 11) is 1.59. The highest BCUT2D eigenvalue weighted by Gasteiger charge is 2.45. The largest absolute Gasteiger partial charge is 0.497 e. The van der Waals surface area contributed by atoms with Gasteiger partial charge in [0.25, 0.3) is 0 Å². The van der Waals surface area contributed by atoms with Crippen molar-refractivity contribution in [2.24, 2.45) is 0 Å². The summed E-state index contributed by atoms with van der Waals surface area (Å²) in [6.45, 7) is 3.41. The van der Waals surface area contributed by atoms with E-state index in [0.717, 1.165) is 11.3 Å². The van der Waals surface area contributed by atoms with Gasteiger partial charge in [-0.15, -0.1) is 5.10 Å². The molecule has 0 amide bonds. The molecule has 0 aliphatic carbocycles. The van der Waals surface area contributed by atoms with Gasteiger partial charge in [0, 0.05) is 12.0 Å². The summed E-state index contributed by atoms with van der Waals surface area (Å²) in [5.74, 6) is 0.446. The van der Waals surface area contributed by atoms with Crippen LogP contribution in [-0.2, 0) is 11.2 Å². The fourth-order valence-electron chi connectivity index (χ4n) is 4.30. The molecule has 194 valence electrons. The summed E-state index contributed by atoms with van der Waals surface area (Å²) in [4.78, 5) is 0. The first-order valence-corrected chi connectivity index (χ1v) is 11.7. The van der Waals surface area contributed by atoms with Crippen molar-refractivity contribution in [3.8, 4) is 17.3 Å². The standard InChI is InChI=1S/C26H31FN2O7/c1-14(2)21-19(12-15-4-10-18(34-3)11-5-15)25(28-29(21)17-8-6-16(27)7-9-17)36-26-24(33)23(32)22(31)20(13-30)35-26/h4-11,14,20,22-24,26,30-33H,12-13H2,1-3H3/t20-,22-,23+,24-,26+/m1/s1. The first kappa shape index (κ1) is 26.1. The molecule has 1 aliphatic heterocycles. The van der Waals surface area contributed by atoms with Crippen LogP contribution in [0.3, 0.4) is 0 Å². The lowest BCUT2D eigenvalue weighted by Gasteiger charge is -2.39. The summed E-state index contributed by atoms with van der Waals surface area (Å²) >= 11 is 0. The zero-order valence-electron chi connectivity index (χ0n) is 20.3. The Morgan fingerprint density at radius 3 is 2.25 bits per heavy atom. The van der Waals surface area contributed by atoms with Gasteiger partial charge in [-0.2, -0.15) is 0 Å². The van der Waals surface area contributed by atoms with Crippen LogP contribution in [0.1, 0.15) is 36.6 Å². The number of hydrogen-bond donors (Lipinski definition) is 4. The maximum Gasteiger partial charge on any atom is 0.239 e. The third-order valence-corrected chi connectivity index (χ3v) is 6.22. The highest BCUT2D eigenvalue weighted by molar-refractivity contribution is 5.44. The van der Waals surface area contributed by atoms with Crippen LogP contribution in [0.25, 0.3) is 5.69 Å². The number of aromatic nitrogens is 2. The SMILES string of the molecule is COc1ccc(Cc2c(O[C@@H]3O[C@H](CO)[C@@H](O)[C@H](O)[C@H]3O)nn(-c3ccc(F)cc3)c2C(C)C)cc1. The lowest BCUT2D eigenvalue weighted by atomic mass is 9.98. The molecule has 0 spiro atoms. The van der Waals surface area contributed by atoms with Crippen LogP contribution >= 0.6 is 0 Å². The quantitative estimate of drug-likeness (QED) is 0.368. The monoisotopic (exact) mass is 502 g/mol. The van der Waals surface area contributed by atoms with E-state index in [1.165, 1.54) is 12.1 Å². The van der Waals surface area contributed by atoms with Crippen molar-refractivity contribution in [1.82, 2.24) is 9.78 Å². The van der Waals surface area contributed by atoms with Crippen molar-refractivity contribution in [2.75, 3.05) is 13.7 Å². The molecule has 36 heavy (non-hydrogen) atoms. The van der Waals surface area contributed by atoms with Gasteiger partial charge in [0.05, 0.1) is 25.1 Å². The molecule has 5 atom stereocenters. The van der Waals surface area contributed by atoms with Crippen molar-refractivity contribution in [3.63, 3.8) is 0 Å². The second-order valence-corrected chi connectivity index (χ2v) is 9.05. The highest BCUT2D eigenvalue weighted by Crippen LogP contribution is 2.34. The van der Waals surface area contributed by atoms with Crippen molar-refractivity contribution < 1.29 is 39.0 Å². The fraction of sp³-hybridized carbons (Fsp3) is 0.423. The molecule has 1 fully saturated rings. The molecule has 9 nitrogen and oxygen atoms in total. The number of methoxy groups -OCH3 is 1. The van der Waals surface area contributed by atoms with Gasteiger partial charge in [0.15, 0.2) is 0 Å². The van der Waals surface area contributed by atoms with Crippen LogP contribution < -0.4 is 9.47 Å². The fourth-order valence-corrected chi connectivity index (χ4v) is 4.30. The molecular formula is C26H31FN2O7. The number of ether oxygens (including phenoxy) is 3. The minimum absolute atomic E-state index is 0.0250. The summed E-state index contributed by atoms with van der Waals surface area (Å²) in [6, 6.07) is 13.4. The Kier molecular flexibility index (Phi) is 7.91. The zero-order valence-corrected chi connectivity index (χ0v) is 20.3. The van der Waals surface area contributed by atoms with E-state index in [1.54, 1.807) is 23.9 Å². The number of benzene rings is 2. The van der Waals surface area contributed by atoms with Crippen LogP contribution in [-0.4, -0.2) is 74.6 Å². The maximum atomic E-state index is 13.6. The number of hydrogen-bond acceptors (Lipinski definition) is 8. The van der Waals surface area contributed by atoms with E-state index in [2.05, 4.69) is 5.10 Å². The summed E-state index contributed by atoms with van der Waals surface area (Å²) in [6.07, 6.45) is -6.80.